The molecule has 0 saturated heterocycles. The molecule has 3 atom stereocenters. The van der Waals surface area contributed by atoms with E-state index in [9.17, 15) is 0 Å². The third-order valence-electron chi connectivity index (χ3n) is 3.04. The number of hydrogen-bond donors (Lipinski definition) is 0. The van der Waals surface area contributed by atoms with Crippen LogP contribution in [0.25, 0.3) is 0 Å². The van der Waals surface area contributed by atoms with Gasteiger partial charge in [-0.2, -0.15) is 0 Å². The molecule has 1 aliphatic heterocycles. The molecule has 0 aromatic carbocycles. The van der Waals surface area contributed by atoms with Crippen molar-refractivity contribution in [2.75, 3.05) is 0 Å². The molecule has 1 fully saturated rings. The topological polar surface area (TPSA) is 12.5 Å². The van der Waals surface area contributed by atoms with Gasteiger partial charge in [0.1, 0.15) is 11.5 Å². The minimum absolute atomic E-state index is 0.728. The summed E-state index contributed by atoms with van der Waals surface area (Å²) in [5, 5.41) is 0. The lowest BCUT2D eigenvalue weighted by atomic mass is 9.94. The molecule has 3 aliphatic rings. The van der Waals surface area contributed by atoms with Gasteiger partial charge in [0.2, 0.25) is 0 Å². The lowest BCUT2D eigenvalue weighted by Crippen LogP contribution is -2.02. The van der Waals surface area contributed by atoms with Gasteiger partial charge >= 0.3 is 0 Å². The maximum absolute atomic E-state index is 5.36. The first-order valence-electron chi connectivity index (χ1n) is 3.94. The minimum atomic E-state index is 0.728. The van der Waals surface area contributed by atoms with Crippen LogP contribution in [0.4, 0.5) is 0 Å². The molecule has 0 spiro atoms. The van der Waals surface area contributed by atoms with Crippen molar-refractivity contribution in [3.63, 3.8) is 0 Å². The van der Waals surface area contributed by atoms with Crippen LogP contribution in [0.5, 0.6) is 0 Å². The van der Waals surface area contributed by atoms with Gasteiger partial charge in [-0.25, -0.2) is 0 Å². The highest BCUT2D eigenvalue weighted by Crippen LogP contribution is 2.60. The van der Waals surface area contributed by atoms with E-state index in [1.807, 2.05) is 0 Å². The first kappa shape index (κ1) is 5.00. The fraction of sp³-hybridized carbons (Fsp3) is 0.556. The number of fused-ring (bicyclic) bond motifs is 4. The second-order valence-corrected chi connectivity index (χ2v) is 3.50. The van der Waals surface area contributed by atoms with E-state index in [-0.39, 0.29) is 0 Å². The average Bonchev–Trinajstić information content (AvgIpc) is 2.58. The maximum Gasteiger partial charge on any atom is 0.146 e. The van der Waals surface area contributed by atoms with Gasteiger partial charge in [-0.1, -0.05) is 6.08 Å². The van der Waals surface area contributed by atoms with Gasteiger partial charge in [-0.3, -0.25) is 0 Å². The van der Waals surface area contributed by atoms with Gasteiger partial charge in [0, 0.05) is 11.8 Å². The van der Waals surface area contributed by atoms with Crippen molar-refractivity contribution in [3.8, 4) is 0 Å². The summed E-state index contributed by atoms with van der Waals surface area (Å²) in [6, 6.07) is 0. The fourth-order valence-electron chi connectivity index (χ4n) is 2.48. The molecule has 1 heterocycles. The Labute approximate surface area is 60.4 Å². The molecule has 0 aromatic rings. The summed E-state index contributed by atoms with van der Waals surface area (Å²) in [6.07, 6.45) is 4.74. The Morgan fingerprint density at radius 3 is 2.90 bits per heavy atom. The SMILES string of the molecule is C=CC1CC2CC1C1=C2O1. The smallest absolute Gasteiger partial charge is 0.146 e. The lowest BCUT2D eigenvalue weighted by molar-refractivity contribution is 0.337. The van der Waals surface area contributed by atoms with E-state index < -0.39 is 0 Å². The van der Waals surface area contributed by atoms with E-state index in [4.69, 9.17) is 4.74 Å². The molecule has 2 bridgehead atoms. The van der Waals surface area contributed by atoms with Crippen LogP contribution in [-0.2, 0) is 4.74 Å². The second kappa shape index (κ2) is 1.31. The zero-order valence-corrected chi connectivity index (χ0v) is 5.84. The summed E-state index contributed by atoms with van der Waals surface area (Å²) in [4.78, 5) is 0. The molecule has 3 unspecified atom stereocenters. The average molecular weight is 134 g/mol. The molecule has 3 rings (SSSR count). The van der Waals surface area contributed by atoms with Crippen LogP contribution in [-0.4, -0.2) is 0 Å². The van der Waals surface area contributed by atoms with Gasteiger partial charge in [-0.15, -0.1) is 6.58 Å². The maximum atomic E-state index is 5.36. The molecule has 0 radical (unpaired) electrons. The van der Waals surface area contributed by atoms with Crippen LogP contribution in [0, 0.1) is 17.8 Å². The van der Waals surface area contributed by atoms with Gasteiger partial charge < -0.3 is 4.74 Å². The summed E-state index contributed by atoms with van der Waals surface area (Å²) >= 11 is 0. The summed E-state index contributed by atoms with van der Waals surface area (Å²) in [6.45, 7) is 3.84. The molecule has 1 saturated carbocycles. The fourth-order valence-corrected chi connectivity index (χ4v) is 2.48. The first-order valence-corrected chi connectivity index (χ1v) is 3.94. The van der Waals surface area contributed by atoms with Crippen LogP contribution < -0.4 is 0 Å². The molecule has 10 heavy (non-hydrogen) atoms. The summed E-state index contributed by atoms with van der Waals surface area (Å²) in [5.41, 5.74) is 0. The van der Waals surface area contributed by atoms with E-state index in [1.54, 1.807) is 0 Å². The largest absolute Gasteiger partial charge is 0.458 e. The van der Waals surface area contributed by atoms with E-state index in [2.05, 4.69) is 12.7 Å². The van der Waals surface area contributed by atoms with Crippen molar-refractivity contribution in [3.05, 3.63) is 24.2 Å². The van der Waals surface area contributed by atoms with E-state index in [0.29, 0.717) is 0 Å². The number of allylic oxidation sites excluding steroid dienone is 3. The van der Waals surface area contributed by atoms with Gasteiger partial charge in [-0.05, 0) is 18.8 Å². The van der Waals surface area contributed by atoms with Crippen molar-refractivity contribution in [1.82, 2.24) is 0 Å². The Morgan fingerprint density at radius 2 is 2.30 bits per heavy atom. The predicted molar refractivity (Wildman–Crippen MR) is 38.0 cm³/mol. The van der Waals surface area contributed by atoms with Crippen molar-refractivity contribution in [2.45, 2.75) is 12.8 Å². The standard InChI is InChI=1S/C9H10O/c1-2-5-3-6-4-7(5)9-8(6)10-9/h2,5-7H,1,3-4H2. The number of hydrogen-bond acceptors (Lipinski definition) is 1. The molecular formula is C9H10O. The number of rotatable bonds is 1. The van der Waals surface area contributed by atoms with Gasteiger partial charge in [0.05, 0.1) is 0 Å². The van der Waals surface area contributed by atoms with Crippen molar-refractivity contribution < 1.29 is 4.74 Å². The third-order valence-corrected chi connectivity index (χ3v) is 3.04. The zero-order valence-electron chi connectivity index (χ0n) is 5.84. The number of ether oxygens (including phenoxy) is 1. The Balaban J connectivity index is 1.99. The highest BCUT2D eigenvalue weighted by molar-refractivity contribution is 5.34. The molecule has 1 nitrogen and oxygen atoms in total. The monoisotopic (exact) mass is 134 g/mol. The van der Waals surface area contributed by atoms with Crippen LogP contribution in [0.15, 0.2) is 24.2 Å². The normalized spacial score (nSPS) is 47.0. The molecule has 0 amide bonds. The molecule has 2 aliphatic carbocycles. The molecular weight excluding hydrogens is 124 g/mol. The molecule has 0 N–H and O–H groups in total. The van der Waals surface area contributed by atoms with Gasteiger partial charge in [0.25, 0.3) is 0 Å². The first-order chi connectivity index (χ1) is 4.90. The lowest BCUT2D eigenvalue weighted by Gasteiger charge is -2.08. The van der Waals surface area contributed by atoms with Gasteiger partial charge in [0.15, 0.2) is 0 Å². The minimum Gasteiger partial charge on any atom is -0.458 e. The molecule has 0 aromatic heterocycles. The quantitative estimate of drug-likeness (QED) is 0.500. The molecule has 52 valence electrons. The summed E-state index contributed by atoms with van der Waals surface area (Å²) < 4.78 is 5.36. The second-order valence-electron chi connectivity index (χ2n) is 3.50. The van der Waals surface area contributed by atoms with Crippen LogP contribution in [0.2, 0.25) is 0 Å². The van der Waals surface area contributed by atoms with Crippen LogP contribution in [0.1, 0.15) is 12.8 Å². The van der Waals surface area contributed by atoms with E-state index in [1.165, 1.54) is 24.4 Å². The van der Waals surface area contributed by atoms with Crippen molar-refractivity contribution in [2.24, 2.45) is 17.8 Å². The van der Waals surface area contributed by atoms with Crippen LogP contribution >= 0.6 is 0 Å². The molecule has 1 heteroatoms. The summed E-state index contributed by atoms with van der Waals surface area (Å²) in [5.74, 6) is 4.90. The Kier molecular flexibility index (Phi) is 0.657. The zero-order chi connectivity index (χ0) is 6.72. The third kappa shape index (κ3) is 0.386. The van der Waals surface area contributed by atoms with Crippen molar-refractivity contribution in [1.29, 1.82) is 0 Å². The van der Waals surface area contributed by atoms with Crippen molar-refractivity contribution >= 4 is 0 Å². The summed E-state index contributed by atoms with van der Waals surface area (Å²) in [7, 11) is 0. The Hall–Kier alpha value is -0.720. The predicted octanol–water partition coefficient (Wildman–Crippen LogP) is 2.07. The van der Waals surface area contributed by atoms with Crippen LogP contribution in [0.3, 0.4) is 0 Å². The van der Waals surface area contributed by atoms with E-state index in [0.717, 1.165) is 17.8 Å². The Morgan fingerprint density at radius 1 is 1.40 bits per heavy atom. The highest BCUT2D eigenvalue weighted by Gasteiger charge is 2.54. The van der Waals surface area contributed by atoms with E-state index >= 15 is 0 Å². The Bertz CT molecular complexity index is 239. The highest BCUT2D eigenvalue weighted by atomic mass is 16.6.